The molecule has 0 aliphatic heterocycles. The first-order chi connectivity index (χ1) is 8.56. The first kappa shape index (κ1) is 16.9. The summed E-state index contributed by atoms with van der Waals surface area (Å²) in [5.41, 5.74) is 1.20. The molecule has 1 aromatic carbocycles. The van der Waals surface area contributed by atoms with Gasteiger partial charge in [0.25, 0.3) is 0 Å². The van der Waals surface area contributed by atoms with Gasteiger partial charge in [-0.25, -0.2) is 0 Å². The fraction of sp³-hybridized carbons (Fsp3) is 0.286. The lowest BCUT2D eigenvalue weighted by Gasteiger charge is -2.14. The van der Waals surface area contributed by atoms with Gasteiger partial charge in [-0.05, 0) is 5.57 Å². The Labute approximate surface area is 119 Å². The van der Waals surface area contributed by atoms with Crippen molar-refractivity contribution >= 4 is 28.8 Å². The van der Waals surface area contributed by atoms with Crippen LogP contribution in [-0.2, 0) is 0 Å². The molecular formula is C14H18Cl2O2. The third-order valence-corrected chi connectivity index (χ3v) is 2.89. The van der Waals surface area contributed by atoms with E-state index in [1.807, 2.05) is 13.8 Å². The lowest BCUT2D eigenvalue weighted by atomic mass is 10.1. The third kappa shape index (κ3) is 3.44. The van der Waals surface area contributed by atoms with Crippen LogP contribution in [0.4, 0.5) is 0 Å². The van der Waals surface area contributed by atoms with Gasteiger partial charge in [0.05, 0.1) is 24.3 Å². The molecule has 2 nitrogen and oxygen atoms in total. The van der Waals surface area contributed by atoms with Gasteiger partial charge in [-0.3, -0.25) is 0 Å². The maximum atomic E-state index is 6.14. The van der Waals surface area contributed by atoms with Crippen LogP contribution < -0.4 is 9.47 Å². The van der Waals surface area contributed by atoms with Crippen molar-refractivity contribution in [3.63, 3.8) is 0 Å². The third-order valence-electron chi connectivity index (χ3n) is 2.14. The van der Waals surface area contributed by atoms with E-state index >= 15 is 0 Å². The van der Waals surface area contributed by atoms with Crippen molar-refractivity contribution in [2.45, 2.75) is 13.8 Å². The van der Waals surface area contributed by atoms with E-state index in [1.165, 1.54) is 14.2 Å². The number of benzene rings is 1. The molecule has 100 valence electrons. The van der Waals surface area contributed by atoms with Crippen LogP contribution in [0.2, 0.25) is 10.0 Å². The summed E-state index contributed by atoms with van der Waals surface area (Å²) >= 11 is 12.3. The minimum absolute atomic E-state index is 0.401. The summed E-state index contributed by atoms with van der Waals surface area (Å²) in [7, 11) is 3.05. The topological polar surface area (TPSA) is 18.5 Å². The molecule has 0 atom stereocenters. The number of hydrogen-bond donors (Lipinski definition) is 0. The van der Waals surface area contributed by atoms with Crippen molar-refractivity contribution in [3.8, 4) is 11.5 Å². The number of halogens is 2. The van der Waals surface area contributed by atoms with Crippen molar-refractivity contribution < 1.29 is 9.47 Å². The Morgan fingerprint density at radius 3 is 1.78 bits per heavy atom. The number of allylic oxidation sites excluding steroid dienone is 2. The molecule has 0 unspecified atom stereocenters. The summed E-state index contributed by atoms with van der Waals surface area (Å²) in [4.78, 5) is 0. The van der Waals surface area contributed by atoms with Gasteiger partial charge in [-0.1, -0.05) is 56.3 Å². The molecule has 0 spiro atoms. The van der Waals surface area contributed by atoms with Gasteiger partial charge in [0.2, 0.25) is 0 Å². The highest BCUT2D eigenvalue weighted by Gasteiger charge is 2.17. The lowest BCUT2D eigenvalue weighted by Crippen LogP contribution is -1.94. The fourth-order valence-electron chi connectivity index (χ4n) is 1.27. The highest BCUT2D eigenvalue weighted by atomic mass is 35.5. The van der Waals surface area contributed by atoms with Gasteiger partial charge in [-0.15, -0.1) is 0 Å². The molecule has 1 rings (SSSR count). The molecule has 0 aliphatic carbocycles. The van der Waals surface area contributed by atoms with E-state index in [0.29, 0.717) is 32.7 Å². The van der Waals surface area contributed by atoms with E-state index in [2.05, 4.69) is 13.2 Å². The SMILES string of the molecule is C=CC(=C)c1c(Cl)c(OC)cc(OC)c1Cl.CC. The van der Waals surface area contributed by atoms with E-state index in [4.69, 9.17) is 32.7 Å². The van der Waals surface area contributed by atoms with Gasteiger partial charge in [0.15, 0.2) is 0 Å². The standard InChI is InChI=1S/C12H12Cl2O2.C2H6/c1-5-7(2)10-11(13)8(15-3)6-9(16-4)12(10)14;1-2/h5-6H,1-2H2,3-4H3;1-2H3. The van der Waals surface area contributed by atoms with Crippen molar-refractivity contribution in [3.05, 3.63) is 40.9 Å². The van der Waals surface area contributed by atoms with E-state index in [1.54, 1.807) is 12.1 Å². The predicted molar refractivity (Wildman–Crippen MR) is 80.1 cm³/mol. The van der Waals surface area contributed by atoms with Crippen molar-refractivity contribution in [1.82, 2.24) is 0 Å². The first-order valence-electron chi connectivity index (χ1n) is 5.48. The Morgan fingerprint density at radius 1 is 1.11 bits per heavy atom. The second-order valence-electron chi connectivity index (χ2n) is 3.01. The minimum atomic E-state index is 0.401. The van der Waals surface area contributed by atoms with E-state index < -0.39 is 0 Å². The summed E-state index contributed by atoms with van der Waals surface area (Å²) in [6.07, 6.45) is 1.58. The summed E-state index contributed by atoms with van der Waals surface area (Å²) in [5, 5.41) is 0.802. The molecule has 0 heterocycles. The summed E-state index contributed by atoms with van der Waals surface area (Å²) in [6.45, 7) is 11.4. The maximum absolute atomic E-state index is 6.14. The van der Waals surface area contributed by atoms with Crippen LogP contribution in [0.25, 0.3) is 5.57 Å². The van der Waals surface area contributed by atoms with Gasteiger partial charge >= 0.3 is 0 Å². The van der Waals surface area contributed by atoms with Gasteiger partial charge in [0.1, 0.15) is 11.5 Å². The highest BCUT2D eigenvalue weighted by Crippen LogP contribution is 2.43. The number of ether oxygens (including phenoxy) is 2. The second-order valence-corrected chi connectivity index (χ2v) is 3.77. The van der Waals surface area contributed by atoms with Crippen LogP contribution in [0, 0.1) is 0 Å². The van der Waals surface area contributed by atoms with Crippen molar-refractivity contribution in [2.75, 3.05) is 14.2 Å². The first-order valence-corrected chi connectivity index (χ1v) is 6.24. The molecule has 4 heteroatoms. The fourth-order valence-corrected chi connectivity index (χ4v) is 2.01. The Morgan fingerprint density at radius 2 is 1.50 bits per heavy atom. The molecule has 0 amide bonds. The molecule has 0 radical (unpaired) electrons. The van der Waals surface area contributed by atoms with Crippen LogP contribution in [0.5, 0.6) is 11.5 Å². The quantitative estimate of drug-likeness (QED) is 0.706. The van der Waals surface area contributed by atoms with Crippen LogP contribution in [0.1, 0.15) is 19.4 Å². The molecule has 0 aromatic heterocycles. The highest BCUT2D eigenvalue weighted by molar-refractivity contribution is 6.39. The predicted octanol–water partition coefficient (Wildman–Crippen LogP) is 5.24. The zero-order valence-electron chi connectivity index (χ0n) is 11.1. The Bertz CT molecular complexity index is 412. The lowest BCUT2D eigenvalue weighted by molar-refractivity contribution is 0.394. The molecular weight excluding hydrogens is 271 g/mol. The molecule has 0 saturated carbocycles. The van der Waals surface area contributed by atoms with Gasteiger partial charge < -0.3 is 9.47 Å². The minimum Gasteiger partial charge on any atom is -0.495 e. The van der Waals surface area contributed by atoms with E-state index in [9.17, 15) is 0 Å². The van der Waals surface area contributed by atoms with Crippen molar-refractivity contribution in [1.29, 1.82) is 0 Å². The molecule has 0 N–H and O–H groups in total. The zero-order chi connectivity index (χ0) is 14.3. The molecule has 0 fully saturated rings. The molecule has 0 saturated heterocycles. The maximum Gasteiger partial charge on any atom is 0.141 e. The second kappa shape index (κ2) is 8.06. The number of methoxy groups -OCH3 is 2. The van der Waals surface area contributed by atoms with Gasteiger partial charge in [-0.2, -0.15) is 0 Å². The summed E-state index contributed by atoms with van der Waals surface area (Å²) in [5.74, 6) is 0.974. The zero-order valence-corrected chi connectivity index (χ0v) is 12.7. The van der Waals surface area contributed by atoms with E-state index in [0.717, 1.165) is 0 Å². The number of hydrogen-bond acceptors (Lipinski definition) is 2. The normalized spacial score (nSPS) is 9.00. The molecule has 0 bridgehead atoms. The smallest absolute Gasteiger partial charge is 0.141 e. The monoisotopic (exact) mass is 288 g/mol. The average Bonchev–Trinajstić information content (AvgIpc) is 2.41. The summed E-state index contributed by atoms with van der Waals surface area (Å²) < 4.78 is 10.3. The van der Waals surface area contributed by atoms with Gasteiger partial charge in [0, 0.05) is 11.6 Å². The summed E-state index contributed by atoms with van der Waals surface area (Å²) in [6, 6.07) is 1.63. The van der Waals surface area contributed by atoms with Crippen LogP contribution >= 0.6 is 23.2 Å². The largest absolute Gasteiger partial charge is 0.495 e. The Balaban J connectivity index is 0.00000137. The molecule has 0 aliphatic rings. The Hall–Kier alpha value is -1.12. The molecule has 18 heavy (non-hydrogen) atoms. The van der Waals surface area contributed by atoms with E-state index in [-0.39, 0.29) is 0 Å². The Kier molecular flexibility index (Phi) is 7.56. The molecule has 1 aromatic rings. The van der Waals surface area contributed by atoms with Crippen LogP contribution in [0.3, 0.4) is 0 Å². The number of rotatable bonds is 4. The van der Waals surface area contributed by atoms with Crippen LogP contribution in [-0.4, -0.2) is 14.2 Å². The van der Waals surface area contributed by atoms with Crippen LogP contribution in [0.15, 0.2) is 25.3 Å². The average molecular weight is 289 g/mol. The van der Waals surface area contributed by atoms with Crippen molar-refractivity contribution in [2.24, 2.45) is 0 Å².